The Hall–Kier alpha value is -3.52. The fourth-order valence-corrected chi connectivity index (χ4v) is 4.41. The lowest BCUT2D eigenvalue weighted by molar-refractivity contribution is 0.590. The van der Waals surface area contributed by atoms with Crippen LogP contribution in [0.15, 0.2) is 90.9 Å². The lowest BCUT2D eigenvalue weighted by atomic mass is 9.85. The molecule has 1 N–H and O–H groups in total. The van der Waals surface area contributed by atoms with E-state index >= 15 is 0 Å². The quantitative estimate of drug-likeness (QED) is 0.289. The van der Waals surface area contributed by atoms with Crippen molar-refractivity contribution in [2.24, 2.45) is 0 Å². The largest absolute Gasteiger partial charge is 0.355 e. The molecule has 0 unspecified atom stereocenters. The fraction of sp³-hybridized carbons (Fsp3) is 0.250. The van der Waals surface area contributed by atoms with Crippen molar-refractivity contribution >= 4 is 33.2 Å². The summed E-state index contributed by atoms with van der Waals surface area (Å²) in [5, 5.41) is 5.47. The molecule has 5 aromatic rings. The van der Waals surface area contributed by atoms with Gasteiger partial charge >= 0.3 is 0 Å². The summed E-state index contributed by atoms with van der Waals surface area (Å²) in [5.74, 6) is 0. The number of benzene rings is 4. The summed E-state index contributed by atoms with van der Waals surface area (Å²) in [6.45, 7) is 13.3. The highest BCUT2D eigenvalue weighted by Gasteiger charge is 2.20. The second kappa shape index (κ2) is 8.06. The summed E-state index contributed by atoms with van der Waals surface area (Å²) in [5.41, 5.74) is 6.35. The van der Waals surface area contributed by atoms with E-state index in [0.29, 0.717) is 5.69 Å². The summed E-state index contributed by atoms with van der Waals surface area (Å²) in [7, 11) is 0. The number of fused-ring (bicyclic) bond motifs is 3. The first-order valence-corrected chi connectivity index (χ1v) is 11.7. The van der Waals surface area contributed by atoms with Crippen LogP contribution in [0.25, 0.3) is 27.5 Å². The molecular weight excluding hydrogens is 412 g/mol. The first-order valence-electron chi connectivity index (χ1n) is 14.2. The van der Waals surface area contributed by atoms with Crippen molar-refractivity contribution < 1.29 is 6.85 Å². The SMILES string of the molecule is [2H]c1c([2H])c([2H])c(Nc2cccc(-n3c4ccc(C(C)(C)C)cc4c4cc(C(C)(C)C)ccc43)c2)c([2H])c1[2H]. The molecule has 0 saturated carbocycles. The average Bonchev–Trinajstić information content (AvgIpc) is 3.21. The fourth-order valence-electron chi connectivity index (χ4n) is 4.41. The van der Waals surface area contributed by atoms with Crippen molar-refractivity contribution in [1.29, 1.82) is 0 Å². The van der Waals surface area contributed by atoms with E-state index in [9.17, 15) is 0 Å². The highest BCUT2D eigenvalue weighted by molar-refractivity contribution is 6.10. The lowest BCUT2D eigenvalue weighted by Gasteiger charge is -2.19. The topological polar surface area (TPSA) is 17.0 Å². The van der Waals surface area contributed by atoms with Gasteiger partial charge in [-0.15, -0.1) is 0 Å². The number of para-hydroxylation sites is 1. The van der Waals surface area contributed by atoms with Crippen LogP contribution in [0, 0.1) is 0 Å². The molecule has 34 heavy (non-hydrogen) atoms. The van der Waals surface area contributed by atoms with Crippen LogP contribution in [0.4, 0.5) is 11.4 Å². The Morgan fingerprint density at radius 1 is 0.647 bits per heavy atom. The minimum atomic E-state index is -0.404. The number of aromatic nitrogens is 1. The molecule has 0 radical (unpaired) electrons. The molecule has 2 heteroatoms. The van der Waals surface area contributed by atoms with Crippen LogP contribution in [0.2, 0.25) is 0 Å². The van der Waals surface area contributed by atoms with Gasteiger partial charge in [-0.1, -0.05) is 77.9 Å². The number of nitrogens with one attached hydrogen (secondary N) is 1. The van der Waals surface area contributed by atoms with Crippen LogP contribution < -0.4 is 5.32 Å². The normalized spacial score (nSPS) is 14.5. The molecule has 172 valence electrons. The molecule has 0 saturated heterocycles. The van der Waals surface area contributed by atoms with Crippen molar-refractivity contribution in [3.05, 3.63) is 102 Å². The highest BCUT2D eigenvalue weighted by Crippen LogP contribution is 2.37. The Morgan fingerprint density at radius 2 is 1.21 bits per heavy atom. The summed E-state index contributed by atoms with van der Waals surface area (Å²) in [4.78, 5) is 0. The van der Waals surface area contributed by atoms with Crippen LogP contribution in [0.1, 0.15) is 59.5 Å². The van der Waals surface area contributed by atoms with E-state index in [2.05, 4.69) is 87.8 Å². The van der Waals surface area contributed by atoms with Gasteiger partial charge < -0.3 is 9.88 Å². The van der Waals surface area contributed by atoms with Gasteiger partial charge in [0, 0.05) is 27.8 Å². The number of nitrogens with zero attached hydrogens (tertiary/aromatic N) is 1. The van der Waals surface area contributed by atoms with E-state index in [1.807, 2.05) is 24.3 Å². The van der Waals surface area contributed by atoms with Gasteiger partial charge in [0.2, 0.25) is 0 Å². The molecular formula is C32H34N2. The van der Waals surface area contributed by atoms with Crippen LogP contribution in [0.5, 0.6) is 0 Å². The van der Waals surface area contributed by atoms with E-state index in [1.165, 1.54) is 21.9 Å². The Kier molecular flexibility index (Phi) is 4.03. The Morgan fingerprint density at radius 3 is 1.74 bits per heavy atom. The molecule has 0 aliphatic carbocycles. The third-order valence-corrected chi connectivity index (χ3v) is 6.37. The first kappa shape index (κ1) is 17.0. The molecule has 0 amide bonds. The monoisotopic (exact) mass is 451 g/mol. The van der Waals surface area contributed by atoms with Crippen molar-refractivity contribution in [2.75, 3.05) is 5.32 Å². The maximum absolute atomic E-state index is 8.29. The van der Waals surface area contributed by atoms with Crippen LogP contribution in [-0.4, -0.2) is 4.57 Å². The first-order chi connectivity index (χ1) is 18.2. The van der Waals surface area contributed by atoms with Crippen LogP contribution >= 0.6 is 0 Å². The zero-order valence-electron chi connectivity index (χ0n) is 25.7. The molecule has 0 atom stereocenters. The van der Waals surface area contributed by atoms with Gasteiger partial charge in [0.25, 0.3) is 0 Å². The maximum atomic E-state index is 8.29. The van der Waals surface area contributed by atoms with E-state index < -0.39 is 6.04 Å². The van der Waals surface area contributed by atoms with Gasteiger partial charge in [0.15, 0.2) is 0 Å². The summed E-state index contributed by atoms with van der Waals surface area (Å²) in [6, 6.07) is 19.5. The zero-order valence-corrected chi connectivity index (χ0v) is 20.7. The summed E-state index contributed by atoms with van der Waals surface area (Å²) >= 11 is 0. The van der Waals surface area contributed by atoms with Gasteiger partial charge in [-0.2, -0.15) is 0 Å². The third-order valence-electron chi connectivity index (χ3n) is 6.37. The Bertz CT molecular complexity index is 1650. The third kappa shape index (κ3) is 4.09. The molecule has 4 aromatic carbocycles. The number of anilines is 2. The van der Waals surface area contributed by atoms with Gasteiger partial charge in [0.05, 0.1) is 17.9 Å². The predicted octanol–water partition coefficient (Wildman–Crippen LogP) is 9.12. The van der Waals surface area contributed by atoms with E-state index in [1.54, 1.807) is 0 Å². The second-order valence-electron chi connectivity index (χ2n) is 11.0. The Labute approximate surface area is 210 Å². The standard InChI is InChI=1S/C32H34N2/c1-31(2,3)22-15-17-29-27(19-22)28-20-23(32(4,5)6)16-18-30(28)34(29)26-14-10-13-25(21-26)33-24-11-8-7-9-12-24/h7-21,33H,1-6H3/i7D,8D,9D,11D,12D. The minimum absolute atomic E-state index is 0.0119. The highest BCUT2D eigenvalue weighted by atomic mass is 15.0. The van der Waals surface area contributed by atoms with Gasteiger partial charge in [0.1, 0.15) is 0 Å². The predicted molar refractivity (Wildman–Crippen MR) is 148 cm³/mol. The Balaban J connectivity index is 1.72. The van der Waals surface area contributed by atoms with Crippen molar-refractivity contribution in [2.45, 2.75) is 52.4 Å². The molecule has 5 rings (SSSR count). The van der Waals surface area contributed by atoms with E-state index in [4.69, 9.17) is 6.85 Å². The number of rotatable bonds is 3. The van der Waals surface area contributed by atoms with E-state index in [0.717, 1.165) is 16.7 Å². The van der Waals surface area contributed by atoms with Crippen LogP contribution in [-0.2, 0) is 10.8 Å². The van der Waals surface area contributed by atoms with Crippen LogP contribution in [0.3, 0.4) is 0 Å². The minimum Gasteiger partial charge on any atom is -0.355 e. The van der Waals surface area contributed by atoms with Crippen molar-refractivity contribution in [3.63, 3.8) is 0 Å². The molecule has 0 fully saturated rings. The maximum Gasteiger partial charge on any atom is 0.0645 e. The number of hydrogen-bond acceptors (Lipinski definition) is 1. The lowest BCUT2D eigenvalue weighted by Crippen LogP contribution is -2.10. The molecule has 0 bridgehead atoms. The zero-order chi connectivity index (χ0) is 28.4. The summed E-state index contributed by atoms with van der Waals surface area (Å²) in [6.07, 6.45) is 0. The molecule has 1 heterocycles. The smallest absolute Gasteiger partial charge is 0.0645 e. The van der Waals surface area contributed by atoms with E-state index in [-0.39, 0.29) is 40.7 Å². The molecule has 0 aliphatic rings. The second-order valence-corrected chi connectivity index (χ2v) is 11.0. The molecule has 0 aliphatic heterocycles. The molecule has 1 aromatic heterocycles. The summed E-state index contributed by atoms with van der Waals surface area (Å²) < 4.78 is 42.7. The van der Waals surface area contributed by atoms with Crippen molar-refractivity contribution in [3.8, 4) is 5.69 Å². The number of hydrogen-bond donors (Lipinski definition) is 1. The van der Waals surface area contributed by atoms with Gasteiger partial charge in [-0.25, -0.2) is 0 Å². The molecule has 2 nitrogen and oxygen atoms in total. The van der Waals surface area contributed by atoms with Gasteiger partial charge in [-0.05, 0) is 76.5 Å². The molecule has 0 spiro atoms. The van der Waals surface area contributed by atoms with Crippen molar-refractivity contribution in [1.82, 2.24) is 4.57 Å². The average molecular weight is 452 g/mol. The van der Waals surface area contributed by atoms with Gasteiger partial charge in [-0.3, -0.25) is 0 Å².